The molecule has 2 rings (SSSR count). The molecular weight excluding hydrogens is 292 g/mol. The van der Waals surface area contributed by atoms with Gasteiger partial charge in [-0.2, -0.15) is 0 Å². The Balaban J connectivity index is 2.36. The molecule has 0 aromatic heterocycles. The van der Waals surface area contributed by atoms with Crippen LogP contribution in [0.2, 0.25) is 0 Å². The van der Waals surface area contributed by atoms with Gasteiger partial charge >= 0.3 is 0 Å². The van der Waals surface area contributed by atoms with E-state index in [2.05, 4.69) is 21.2 Å². The summed E-state index contributed by atoms with van der Waals surface area (Å²) in [6.07, 6.45) is 0. The van der Waals surface area contributed by atoms with Crippen molar-refractivity contribution in [1.82, 2.24) is 5.32 Å². The van der Waals surface area contributed by atoms with E-state index < -0.39 is 23.2 Å². The first kappa shape index (κ1) is 12.5. The highest BCUT2D eigenvalue weighted by molar-refractivity contribution is 9.10. The minimum Gasteiger partial charge on any atom is -0.358 e. The largest absolute Gasteiger partial charge is 0.358 e. The topological polar surface area (TPSA) is 29.1 Å². The lowest BCUT2D eigenvalue weighted by Gasteiger charge is -2.07. The summed E-state index contributed by atoms with van der Waals surface area (Å²) in [7, 11) is 1.38. The molecule has 1 aliphatic rings. The van der Waals surface area contributed by atoms with Crippen molar-refractivity contribution >= 4 is 21.8 Å². The first-order valence-electron chi connectivity index (χ1n) is 5.21. The van der Waals surface area contributed by atoms with Crippen LogP contribution in [0.4, 0.5) is 8.78 Å². The van der Waals surface area contributed by atoms with Gasteiger partial charge < -0.3 is 5.32 Å². The Kier molecular flexibility index (Phi) is 2.77. The van der Waals surface area contributed by atoms with Crippen LogP contribution >= 0.6 is 15.9 Å². The number of hydrogen-bond donors (Lipinski definition) is 1. The molecule has 0 spiro atoms. The van der Waals surface area contributed by atoms with Crippen molar-refractivity contribution in [2.45, 2.75) is 18.8 Å². The van der Waals surface area contributed by atoms with E-state index in [9.17, 15) is 13.6 Å². The van der Waals surface area contributed by atoms with Gasteiger partial charge in [-0.05, 0) is 24.6 Å². The van der Waals surface area contributed by atoms with E-state index in [-0.39, 0.29) is 0 Å². The van der Waals surface area contributed by atoms with Gasteiger partial charge in [0, 0.05) is 11.5 Å². The Hall–Kier alpha value is -0.970. The van der Waals surface area contributed by atoms with E-state index in [1.807, 2.05) is 0 Å². The molecule has 92 valence electrons. The van der Waals surface area contributed by atoms with Crippen molar-refractivity contribution in [2.24, 2.45) is 5.41 Å². The number of benzene rings is 1. The van der Waals surface area contributed by atoms with E-state index in [0.29, 0.717) is 5.56 Å². The number of rotatable bonds is 2. The molecule has 1 fully saturated rings. The van der Waals surface area contributed by atoms with Gasteiger partial charge in [0.05, 0.1) is 5.92 Å². The van der Waals surface area contributed by atoms with Crippen molar-refractivity contribution < 1.29 is 13.6 Å². The van der Waals surface area contributed by atoms with Gasteiger partial charge in [0.15, 0.2) is 0 Å². The quantitative estimate of drug-likeness (QED) is 0.894. The summed E-state index contributed by atoms with van der Waals surface area (Å²) in [5.74, 6) is -4.64. The van der Waals surface area contributed by atoms with E-state index in [4.69, 9.17) is 0 Å². The number of nitrogens with one attached hydrogen (secondary N) is 1. The zero-order chi connectivity index (χ0) is 12.8. The normalized spacial score (nSPS) is 29.8. The number of alkyl halides is 2. The van der Waals surface area contributed by atoms with Crippen LogP contribution in [0, 0.1) is 5.41 Å². The molecule has 1 N–H and O–H groups in total. The summed E-state index contributed by atoms with van der Waals surface area (Å²) in [5.41, 5.74) is -1.14. The van der Waals surface area contributed by atoms with Crippen LogP contribution in [0.15, 0.2) is 28.7 Å². The van der Waals surface area contributed by atoms with Crippen molar-refractivity contribution in [2.75, 3.05) is 7.05 Å². The molecule has 1 saturated carbocycles. The van der Waals surface area contributed by atoms with Crippen molar-refractivity contribution in [1.29, 1.82) is 0 Å². The number of carbonyl (C=O) groups excluding carboxylic acids is 1. The Morgan fingerprint density at radius 2 is 1.88 bits per heavy atom. The summed E-state index contributed by atoms with van der Waals surface area (Å²) in [4.78, 5) is 11.6. The maximum absolute atomic E-state index is 13.8. The minimum absolute atomic E-state index is 0.490. The fourth-order valence-corrected chi connectivity index (χ4v) is 2.54. The third-order valence-corrected chi connectivity index (χ3v) is 3.98. The second-order valence-electron chi connectivity index (χ2n) is 4.39. The van der Waals surface area contributed by atoms with Gasteiger partial charge in [-0.3, -0.25) is 4.79 Å². The fourth-order valence-electron chi connectivity index (χ4n) is 2.27. The van der Waals surface area contributed by atoms with Crippen molar-refractivity contribution in [3.05, 3.63) is 34.3 Å². The van der Waals surface area contributed by atoms with Gasteiger partial charge in [-0.15, -0.1) is 0 Å². The molecule has 2 nitrogen and oxygen atoms in total. The Bertz CT molecular complexity index is 460. The molecule has 0 saturated heterocycles. The lowest BCUT2D eigenvalue weighted by molar-refractivity contribution is -0.128. The molecule has 0 heterocycles. The van der Waals surface area contributed by atoms with E-state index in [1.54, 1.807) is 24.3 Å². The average molecular weight is 304 g/mol. The molecule has 2 unspecified atom stereocenters. The summed E-state index contributed by atoms with van der Waals surface area (Å²) >= 11 is 3.25. The molecule has 1 aromatic carbocycles. The molecule has 2 atom stereocenters. The standard InChI is InChI=1S/C12H12BrF2NO/c1-11(10(17)16-2)9(12(11,14)15)7-3-5-8(13)6-4-7/h3-6,9H,1-2H3,(H,16,17). The predicted octanol–water partition coefficient (Wildman–Crippen LogP) is 2.93. The maximum atomic E-state index is 13.8. The second kappa shape index (κ2) is 3.77. The highest BCUT2D eigenvalue weighted by Gasteiger charge is 2.82. The van der Waals surface area contributed by atoms with Crippen LogP contribution in [0.25, 0.3) is 0 Å². The average Bonchev–Trinajstić information content (AvgIpc) is 2.75. The molecule has 1 amide bonds. The lowest BCUT2D eigenvalue weighted by Crippen LogP contribution is -2.31. The van der Waals surface area contributed by atoms with Gasteiger partial charge in [0.1, 0.15) is 5.41 Å². The van der Waals surface area contributed by atoms with Crippen molar-refractivity contribution in [3.63, 3.8) is 0 Å². The predicted molar refractivity (Wildman–Crippen MR) is 64.0 cm³/mol. The van der Waals surface area contributed by atoms with E-state index >= 15 is 0 Å². The van der Waals surface area contributed by atoms with Crippen LogP contribution in [-0.4, -0.2) is 18.9 Å². The molecule has 0 aliphatic heterocycles. The highest BCUT2D eigenvalue weighted by atomic mass is 79.9. The summed E-state index contributed by atoms with van der Waals surface area (Å²) < 4.78 is 28.4. The van der Waals surface area contributed by atoms with Crippen LogP contribution in [0.5, 0.6) is 0 Å². The number of hydrogen-bond acceptors (Lipinski definition) is 1. The third kappa shape index (κ3) is 1.59. The lowest BCUT2D eigenvalue weighted by atomic mass is 10.0. The molecule has 0 radical (unpaired) electrons. The Morgan fingerprint density at radius 3 is 2.35 bits per heavy atom. The molecule has 0 bridgehead atoms. The van der Waals surface area contributed by atoms with E-state index in [1.165, 1.54) is 14.0 Å². The first-order valence-corrected chi connectivity index (χ1v) is 6.00. The summed E-state index contributed by atoms with van der Waals surface area (Å²) in [6.45, 7) is 1.30. The number of amides is 1. The van der Waals surface area contributed by atoms with Crippen LogP contribution in [0.3, 0.4) is 0 Å². The fraction of sp³-hybridized carbons (Fsp3) is 0.417. The zero-order valence-electron chi connectivity index (χ0n) is 9.43. The second-order valence-corrected chi connectivity index (χ2v) is 5.30. The molecular formula is C12H12BrF2NO. The zero-order valence-corrected chi connectivity index (χ0v) is 11.0. The minimum atomic E-state index is -2.99. The van der Waals surface area contributed by atoms with Gasteiger partial charge in [-0.25, -0.2) is 8.78 Å². The molecule has 5 heteroatoms. The van der Waals surface area contributed by atoms with E-state index in [0.717, 1.165) is 4.47 Å². The Morgan fingerprint density at radius 1 is 1.35 bits per heavy atom. The number of carbonyl (C=O) groups is 1. The first-order chi connectivity index (χ1) is 7.85. The van der Waals surface area contributed by atoms with Gasteiger partial charge in [-0.1, -0.05) is 28.1 Å². The smallest absolute Gasteiger partial charge is 0.270 e. The van der Waals surface area contributed by atoms with Crippen LogP contribution < -0.4 is 5.32 Å². The maximum Gasteiger partial charge on any atom is 0.270 e. The SMILES string of the molecule is CNC(=O)C1(C)C(c2ccc(Br)cc2)C1(F)F. The Labute approximate surface area is 107 Å². The monoisotopic (exact) mass is 303 g/mol. The third-order valence-electron chi connectivity index (χ3n) is 3.45. The molecule has 17 heavy (non-hydrogen) atoms. The van der Waals surface area contributed by atoms with Crippen LogP contribution in [0.1, 0.15) is 18.4 Å². The number of halogens is 3. The highest BCUT2D eigenvalue weighted by Crippen LogP contribution is 2.71. The van der Waals surface area contributed by atoms with Gasteiger partial charge in [0.2, 0.25) is 5.91 Å². The molecule has 1 aliphatic carbocycles. The van der Waals surface area contributed by atoms with Crippen molar-refractivity contribution in [3.8, 4) is 0 Å². The van der Waals surface area contributed by atoms with Crippen LogP contribution in [-0.2, 0) is 4.79 Å². The molecule has 1 aromatic rings. The summed E-state index contributed by atoms with van der Waals surface area (Å²) in [5, 5.41) is 2.31. The summed E-state index contributed by atoms with van der Waals surface area (Å²) in [6, 6.07) is 6.65. The van der Waals surface area contributed by atoms with Gasteiger partial charge in [0.25, 0.3) is 5.92 Å².